The van der Waals surface area contributed by atoms with E-state index in [9.17, 15) is 24.3 Å². The molecule has 1 aromatic carbocycles. The molecule has 2 aromatic rings. The molecule has 0 aliphatic carbocycles. The lowest BCUT2D eigenvalue weighted by Gasteiger charge is -2.37. The van der Waals surface area contributed by atoms with Gasteiger partial charge < -0.3 is 30.7 Å². The van der Waals surface area contributed by atoms with Crippen LogP contribution < -0.4 is 21.4 Å². The van der Waals surface area contributed by atoms with Crippen molar-refractivity contribution in [3.05, 3.63) is 52.0 Å². The Morgan fingerprint density at radius 3 is 2.30 bits per heavy atom. The maximum Gasteiger partial charge on any atom is 0.407 e. The largest absolute Gasteiger partial charge is 0.453 e. The summed E-state index contributed by atoms with van der Waals surface area (Å²) in [5.41, 5.74) is 3.94. The maximum atomic E-state index is 14.5. The van der Waals surface area contributed by atoms with Gasteiger partial charge in [-0.2, -0.15) is 0 Å². The third kappa shape index (κ3) is 13.2. The molecule has 1 unspecified atom stereocenters. The molecule has 0 bridgehead atoms. The van der Waals surface area contributed by atoms with E-state index in [2.05, 4.69) is 56.0 Å². The first-order valence-corrected chi connectivity index (χ1v) is 20.0. The lowest BCUT2D eigenvalue weighted by Crippen LogP contribution is -2.60. The quantitative estimate of drug-likeness (QED) is 0.125. The molecule has 1 aliphatic rings. The molecular formula is C40H65N7O6S. The fraction of sp³-hybridized carbons (Fsp3) is 0.675. The summed E-state index contributed by atoms with van der Waals surface area (Å²) in [4.78, 5) is 60.2. The van der Waals surface area contributed by atoms with Gasteiger partial charge in [0.05, 0.1) is 48.5 Å². The number of hydrogen-bond acceptors (Lipinski definition) is 9. The van der Waals surface area contributed by atoms with E-state index >= 15 is 0 Å². The van der Waals surface area contributed by atoms with Gasteiger partial charge in [-0.25, -0.2) is 19.6 Å². The third-order valence-corrected chi connectivity index (χ3v) is 11.2. The number of nitrogens with zero attached hydrogens (tertiary/aromatic N) is 3. The number of aliphatic hydroxyl groups excluding tert-OH is 1. The Kier molecular flexibility index (Phi) is 16.3. The number of rotatable bonds is 18. The van der Waals surface area contributed by atoms with E-state index in [4.69, 9.17) is 9.72 Å². The molecule has 1 aliphatic heterocycles. The minimum atomic E-state index is -1.11. The maximum absolute atomic E-state index is 14.5. The summed E-state index contributed by atoms with van der Waals surface area (Å²) in [7, 11) is 1.24. The number of urea groups is 1. The fourth-order valence-electron chi connectivity index (χ4n) is 6.48. The number of hydrogen-bond donors (Lipinski definition) is 5. The highest BCUT2D eigenvalue weighted by Gasteiger charge is 2.43. The Morgan fingerprint density at radius 2 is 1.74 bits per heavy atom. The Morgan fingerprint density at radius 1 is 1.07 bits per heavy atom. The van der Waals surface area contributed by atoms with E-state index in [0.29, 0.717) is 38.9 Å². The fourth-order valence-corrected chi connectivity index (χ4v) is 7.31. The molecule has 2 heterocycles. The summed E-state index contributed by atoms with van der Waals surface area (Å²) in [5, 5.41) is 25.5. The number of alkyl carbamates (subject to hydrolysis) is 1. The molecule has 5 N–H and O–H groups in total. The van der Waals surface area contributed by atoms with Gasteiger partial charge in [-0.15, -0.1) is 11.3 Å². The van der Waals surface area contributed by atoms with Crippen LogP contribution in [0.25, 0.3) is 0 Å². The summed E-state index contributed by atoms with van der Waals surface area (Å²) >= 11 is 1.57. The highest BCUT2D eigenvalue weighted by Crippen LogP contribution is 2.29. The van der Waals surface area contributed by atoms with Crippen molar-refractivity contribution in [2.75, 3.05) is 26.7 Å². The average molecular weight is 772 g/mol. The molecule has 6 atom stereocenters. The topological polar surface area (TPSA) is 165 Å². The first-order chi connectivity index (χ1) is 25.2. The van der Waals surface area contributed by atoms with Crippen molar-refractivity contribution in [3.8, 4) is 0 Å². The second-order valence-corrected chi connectivity index (χ2v) is 18.1. The van der Waals surface area contributed by atoms with Crippen molar-refractivity contribution < 1.29 is 29.0 Å². The Labute approximate surface area is 326 Å². The van der Waals surface area contributed by atoms with Crippen molar-refractivity contribution in [1.29, 1.82) is 0 Å². The molecule has 1 saturated heterocycles. The SMILES string of the molecule is CC[C@H](C)[C@H](C(=O)N[C@@H](Cc1ccccc1)[C@@H](O)CN(CCC(C)(C)C)NC(=O)[C@@H](NC(=O)OC)C(C)(C)C)C1CNC(=O)N1Cc1csc(C(C)C)n1. The molecule has 54 heavy (non-hydrogen) atoms. The molecule has 1 aromatic heterocycles. The van der Waals surface area contributed by atoms with Crippen LogP contribution in [0.2, 0.25) is 0 Å². The van der Waals surface area contributed by atoms with Gasteiger partial charge >= 0.3 is 12.1 Å². The monoisotopic (exact) mass is 771 g/mol. The summed E-state index contributed by atoms with van der Waals surface area (Å²) in [6.07, 6.45) is -0.112. The van der Waals surface area contributed by atoms with Crippen LogP contribution in [-0.2, 0) is 27.3 Å². The number of methoxy groups -OCH3 is 1. The molecule has 1 fully saturated rings. The second-order valence-electron chi connectivity index (χ2n) is 17.2. The summed E-state index contributed by atoms with van der Waals surface area (Å²) < 4.78 is 4.79. The lowest BCUT2D eigenvalue weighted by molar-refractivity contribution is -0.133. The molecule has 0 saturated carbocycles. The first-order valence-electron chi connectivity index (χ1n) is 19.1. The zero-order chi connectivity index (χ0) is 40.4. The third-order valence-electron chi connectivity index (χ3n) is 9.97. The normalized spacial score (nSPS) is 17.8. The van der Waals surface area contributed by atoms with Crippen LogP contribution in [0.4, 0.5) is 9.59 Å². The molecular weight excluding hydrogens is 707 g/mol. The van der Waals surface area contributed by atoms with Crippen LogP contribution >= 0.6 is 11.3 Å². The standard InChI is InChI=1S/C40H65N7O6S/c1-12-26(4)32(30-21-41-37(51)47(30)22-28-24-54-36(42-28)25(2)3)34(49)43-29(20-27-16-14-13-15-17-27)31(48)23-46(19-18-39(5,6)7)45-35(50)33(40(8,9)10)44-38(52)53-11/h13-17,24-26,29-33,48H,12,18-23H2,1-11H3,(H,41,51)(H,43,49)(H,44,52)(H,45,50)/t26-,29-,30?,31-,32-,33+/m0/s1. The van der Waals surface area contributed by atoms with Gasteiger partial charge in [0.25, 0.3) is 5.91 Å². The smallest absolute Gasteiger partial charge is 0.407 e. The first kappa shape index (κ1) is 44.6. The van der Waals surface area contributed by atoms with Gasteiger partial charge in [-0.3, -0.25) is 15.0 Å². The van der Waals surface area contributed by atoms with E-state index in [-0.39, 0.29) is 35.7 Å². The zero-order valence-corrected chi connectivity index (χ0v) is 35.0. The number of thiazole rings is 1. The summed E-state index contributed by atoms with van der Waals surface area (Å²) in [6, 6.07) is 7.31. The minimum Gasteiger partial charge on any atom is -0.453 e. The number of nitrogens with one attached hydrogen (secondary N) is 4. The molecule has 3 rings (SSSR count). The van der Waals surface area contributed by atoms with Crippen molar-refractivity contribution in [2.45, 2.75) is 125 Å². The Bertz CT molecular complexity index is 1520. The van der Waals surface area contributed by atoms with Gasteiger partial charge in [-0.1, -0.05) is 106 Å². The van der Waals surface area contributed by atoms with E-state index < -0.39 is 47.6 Å². The molecule has 0 spiro atoms. The summed E-state index contributed by atoms with van der Waals surface area (Å²) in [6.45, 7) is 21.0. The number of aliphatic hydroxyl groups is 1. The van der Waals surface area contributed by atoms with Crippen LogP contribution in [-0.4, -0.2) is 94.9 Å². The number of amides is 5. The van der Waals surface area contributed by atoms with Crippen LogP contribution in [0.15, 0.2) is 35.7 Å². The van der Waals surface area contributed by atoms with Gasteiger partial charge in [0.1, 0.15) is 6.04 Å². The molecule has 5 amide bonds. The van der Waals surface area contributed by atoms with E-state index in [1.54, 1.807) is 21.2 Å². The number of ether oxygens (including phenoxy) is 1. The van der Waals surface area contributed by atoms with Crippen LogP contribution in [0.5, 0.6) is 0 Å². The van der Waals surface area contributed by atoms with E-state index in [0.717, 1.165) is 16.3 Å². The number of benzene rings is 1. The van der Waals surface area contributed by atoms with Gasteiger partial charge in [0, 0.05) is 30.9 Å². The van der Waals surface area contributed by atoms with Crippen molar-refractivity contribution >= 4 is 35.3 Å². The van der Waals surface area contributed by atoms with Crippen molar-refractivity contribution in [3.63, 3.8) is 0 Å². The molecule has 302 valence electrons. The Hall–Kier alpha value is -3.75. The number of carbonyl (C=O) groups is 4. The van der Waals surface area contributed by atoms with Crippen LogP contribution in [0.1, 0.15) is 104 Å². The highest BCUT2D eigenvalue weighted by atomic mass is 32.1. The Balaban J connectivity index is 1.92. The molecule has 0 radical (unpaired) electrons. The van der Waals surface area contributed by atoms with E-state index in [1.165, 1.54) is 7.11 Å². The predicted molar refractivity (Wildman–Crippen MR) is 213 cm³/mol. The van der Waals surface area contributed by atoms with Gasteiger partial charge in [-0.05, 0) is 35.2 Å². The summed E-state index contributed by atoms with van der Waals surface area (Å²) in [5.74, 6) is -1.09. The lowest BCUT2D eigenvalue weighted by atomic mass is 9.83. The van der Waals surface area contributed by atoms with Crippen molar-refractivity contribution in [2.24, 2.45) is 22.7 Å². The second kappa shape index (κ2) is 19.7. The number of hydrazine groups is 1. The van der Waals surface area contributed by atoms with E-state index in [1.807, 2.05) is 70.3 Å². The zero-order valence-electron chi connectivity index (χ0n) is 34.2. The minimum absolute atomic E-state index is 0.000288. The highest BCUT2D eigenvalue weighted by molar-refractivity contribution is 7.09. The predicted octanol–water partition coefficient (Wildman–Crippen LogP) is 5.45. The van der Waals surface area contributed by atoms with Crippen LogP contribution in [0.3, 0.4) is 0 Å². The number of carbonyl (C=O) groups excluding carboxylic acids is 4. The van der Waals surface area contributed by atoms with Crippen molar-refractivity contribution in [1.82, 2.24) is 36.3 Å². The van der Waals surface area contributed by atoms with Crippen LogP contribution in [0, 0.1) is 22.7 Å². The average Bonchev–Trinajstić information content (AvgIpc) is 3.72. The van der Waals surface area contributed by atoms with Gasteiger partial charge in [0.15, 0.2) is 0 Å². The molecule has 13 nitrogen and oxygen atoms in total. The number of aromatic nitrogens is 1. The molecule has 14 heteroatoms. The van der Waals surface area contributed by atoms with Gasteiger partial charge in [0.2, 0.25) is 5.91 Å².